The van der Waals surface area contributed by atoms with Crippen molar-refractivity contribution in [2.75, 3.05) is 12.4 Å². The molecule has 112 valence electrons. The van der Waals surface area contributed by atoms with Gasteiger partial charge in [0.25, 0.3) is 5.91 Å². The molecule has 1 aromatic heterocycles. The summed E-state index contributed by atoms with van der Waals surface area (Å²) in [4.78, 5) is 14.8. The number of amides is 1. The normalized spacial score (nSPS) is 13.7. The minimum atomic E-state index is -0.123. The fourth-order valence-corrected chi connectivity index (χ4v) is 3.13. The molecular formula is C16H20ClN2OS+. The van der Waals surface area contributed by atoms with Crippen LogP contribution in [0.5, 0.6) is 0 Å². The Hall–Kier alpha value is -1.36. The smallest absolute Gasteiger partial charge is 0.282 e. The average molecular weight is 324 g/mol. The van der Waals surface area contributed by atoms with Gasteiger partial charge in [-0.25, -0.2) is 0 Å². The summed E-state index contributed by atoms with van der Waals surface area (Å²) in [5.74, 6) is 0.0176. The predicted octanol–water partition coefficient (Wildman–Crippen LogP) is 2.75. The van der Waals surface area contributed by atoms with Crippen LogP contribution in [0, 0.1) is 6.92 Å². The van der Waals surface area contributed by atoms with Crippen LogP contribution < -0.4 is 10.2 Å². The first-order chi connectivity index (χ1) is 9.97. The molecule has 21 heavy (non-hydrogen) atoms. The lowest BCUT2D eigenvalue weighted by atomic mass is 10.2. The van der Waals surface area contributed by atoms with Gasteiger partial charge in [-0.05, 0) is 55.1 Å². The van der Waals surface area contributed by atoms with Gasteiger partial charge in [-0.1, -0.05) is 11.6 Å². The molecule has 1 amide bonds. The third-order valence-electron chi connectivity index (χ3n) is 3.65. The molecule has 1 heterocycles. The molecular weight excluding hydrogens is 304 g/mol. The van der Waals surface area contributed by atoms with Crippen molar-refractivity contribution in [1.29, 1.82) is 0 Å². The highest BCUT2D eigenvalue weighted by atomic mass is 35.5. The van der Waals surface area contributed by atoms with Gasteiger partial charge < -0.3 is 10.2 Å². The second-order valence-corrected chi connectivity index (χ2v) is 6.70. The third kappa shape index (κ3) is 4.30. The molecule has 0 bridgehead atoms. The number of nitrogens with one attached hydrogen (secondary N) is 2. The van der Waals surface area contributed by atoms with Gasteiger partial charge in [0, 0.05) is 10.7 Å². The first-order valence-electron chi connectivity index (χ1n) is 6.89. The second-order valence-electron chi connectivity index (χ2n) is 5.27. The topological polar surface area (TPSA) is 33.5 Å². The Kier molecular flexibility index (Phi) is 5.39. The Morgan fingerprint density at radius 1 is 1.33 bits per heavy atom. The summed E-state index contributed by atoms with van der Waals surface area (Å²) < 4.78 is 0. The van der Waals surface area contributed by atoms with Gasteiger partial charge in [-0.3, -0.25) is 4.79 Å². The SMILES string of the molecule is Cc1ccsc1C[NH+](C)[C@@H](C)C(=O)Nc1ccc(Cl)cc1. The Labute approximate surface area is 134 Å². The molecule has 0 saturated carbocycles. The maximum absolute atomic E-state index is 12.3. The lowest BCUT2D eigenvalue weighted by Crippen LogP contribution is -3.12. The van der Waals surface area contributed by atoms with Gasteiger partial charge in [0.2, 0.25) is 0 Å². The molecule has 0 saturated heterocycles. The van der Waals surface area contributed by atoms with E-state index < -0.39 is 0 Å². The van der Waals surface area contributed by atoms with Crippen LogP contribution in [0.2, 0.25) is 5.02 Å². The van der Waals surface area contributed by atoms with E-state index in [0.29, 0.717) is 5.02 Å². The van der Waals surface area contributed by atoms with Crippen LogP contribution in [0.3, 0.4) is 0 Å². The van der Waals surface area contributed by atoms with E-state index in [1.807, 2.05) is 26.1 Å². The van der Waals surface area contributed by atoms with Crippen LogP contribution in [0.15, 0.2) is 35.7 Å². The summed E-state index contributed by atoms with van der Waals surface area (Å²) >= 11 is 7.59. The van der Waals surface area contributed by atoms with E-state index in [1.54, 1.807) is 23.5 Å². The standard InChI is InChI=1S/C16H19ClN2OS/c1-11-8-9-21-15(11)10-19(3)12(2)16(20)18-14-6-4-13(17)5-7-14/h4-9,12H,10H2,1-3H3,(H,18,20)/p+1/t12-/m0/s1. The van der Waals surface area contributed by atoms with Crippen molar-refractivity contribution in [2.45, 2.75) is 26.4 Å². The molecule has 2 N–H and O–H groups in total. The largest absolute Gasteiger partial charge is 0.323 e. The zero-order valence-electron chi connectivity index (χ0n) is 12.4. The fourth-order valence-electron chi connectivity index (χ4n) is 2.00. The first kappa shape index (κ1) is 16.0. The quantitative estimate of drug-likeness (QED) is 0.871. The number of anilines is 1. The highest BCUT2D eigenvalue weighted by Crippen LogP contribution is 2.15. The van der Waals surface area contributed by atoms with Crippen molar-refractivity contribution in [3.05, 3.63) is 51.2 Å². The Morgan fingerprint density at radius 2 is 2.00 bits per heavy atom. The van der Waals surface area contributed by atoms with E-state index in [1.165, 1.54) is 15.3 Å². The number of benzene rings is 1. The van der Waals surface area contributed by atoms with E-state index in [9.17, 15) is 4.79 Å². The summed E-state index contributed by atoms with van der Waals surface area (Å²) in [5.41, 5.74) is 2.07. The van der Waals surface area contributed by atoms with Gasteiger partial charge in [0.1, 0.15) is 6.54 Å². The maximum atomic E-state index is 12.3. The number of halogens is 1. The number of hydrogen-bond donors (Lipinski definition) is 2. The van der Waals surface area contributed by atoms with E-state index in [4.69, 9.17) is 11.6 Å². The summed E-state index contributed by atoms with van der Waals surface area (Å²) in [6.45, 7) is 4.92. The number of likely N-dealkylation sites (N-methyl/N-ethyl adjacent to an activating group) is 1. The summed E-state index contributed by atoms with van der Waals surface area (Å²) in [6, 6.07) is 9.16. The number of carbonyl (C=O) groups excluding carboxylic acids is 1. The number of quaternary nitrogens is 1. The number of hydrogen-bond acceptors (Lipinski definition) is 2. The molecule has 0 aliphatic rings. The molecule has 0 aliphatic carbocycles. The van der Waals surface area contributed by atoms with Crippen LogP contribution in [0.25, 0.3) is 0 Å². The van der Waals surface area contributed by atoms with Gasteiger partial charge in [-0.15, -0.1) is 11.3 Å². The van der Waals surface area contributed by atoms with Gasteiger partial charge >= 0.3 is 0 Å². The van der Waals surface area contributed by atoms with Crippen molar-refractivity contribution in [3.63, 3.8) is 0 Å². The van der Waals surface area contributed by atoms with Crippen LogP contribution in [0.1, 0.15) is 17.4 Å². The minimum Gasteiger partial charge on any atom is -0.323 e. The molecule has 5 heteroatoms. The number of thiophene rings is 1. The van der Waals surface area contributed by atoms with Crippen molar-refractivity contribution < 1.29 is 9.69 Å². The van der Waals surface area contributed by atoms with E-state index in [2.05, 4.69) is 23.7 Å². The van der Waals surface area contributed by atoms with Crippen LogP contribution >= 0.6 is 22.9 Å². The van der Waals surface area contributed by atoms with E-state index in [0.717, 1.165) is 12.2 Å². The molecule has 0 fully saturated rings. The zero-order chi connectivity index (χ0) is 15.4. The average Bonchev–Trinajstić information content (AvgIpc) is 2.86. The Balaban J connectivity index is 1.95. The summed E-state index contributed by atoms with van der Waals surface area (Å²) in [7, 11) is 2.05. The monoisotopic (exact) mass is 323 g/mol. The number of rotatable bonds is 5. The van der Waals surface area contributed by atoms with Crippen molar-refractivity contribution in [1.82, 2.24) is 0 Å². The zero-order valence-corrected chi connectivity index (χ0v) is 14.0. The van der Waals surface area contributed by atoms with Crippen LogP contribution in [0.4, 0.5) is 5.69 Å². The lowest BCUT2D eigenvalue weighted by Gasteiger charge is -2.21. The first-order valence-corrected chi connectivity index (χ1v) is 8.15. The Bertz CT molecular complexity index is 609. The Morgan fingerprint density at radius 3 is 2.57 bits per heavy atom. The number of carbonyl (C=O) groups is 1. The van der Waals surface area contributed by atoms with E-state index in [-0.39, 0.29) is 11.9 Å². The molecule has 0 spiro atoms. The van der Waals surface area contributed by atoms with Crippen molar-refractivity contribution >= 4 is 34.5 Å². The highest BCUT2D eigenvalue weighted by molar-refractivity contribution is 7.10. The van der Waals surface area contributed by atoms with Gasteiger partial charge in [0.15, 0.2) is 6.04 Å². The molecule has 1 unspecified atom stereocenters. The summed E-state index contributed by atoms with van der Waals surface area (Å²) in [5, 5.41) is 5.69. The second kappa shape index (κ2) is 7.07. The third-order valence-corrected chi connectivity index (χ3v) is 4.93. The summed E-state index contributed by atoms with van der Waals surface area (Å²) in [6.07, 6.45) is 0. The molecule has 1 aromatic carbocycles. The van der Waals surface area contributed by atoms with Crippen LogP contribution in [-0.4, -0.2) is 19.0 Å². The van der Waals surface area contributed by atoms with Gasteiger partial charge in [-0.2, -0.15) is 0 Å². The van der Waals surface area contributed by atoms with Crippen molar-refractivity contribution in [3.8, 4) is 0 Å². The molecule has 2 rings (SSSR count). The maximum Gasteiger partial charge on any atom is 0.282 e. The predicted molar refractivity (Wildman–Crippen MR) is 89.2 cm³/mol. The molecule has 2 atom stereocenters. The molecule has 0 radical (unpaired) electrons. The fraction of sp³-hybridized carbons (Fsp3) is 0.312. The van der Waals surface area contributed by atoms with Crippen molar-refractivity contribution in [2.24, 2.45) is 0 Å². The molecule has 2 aromatic rings. The van der Waals surface area contributed by atoms with Gasteiger partial charge in [0.05, 0.1) is 11.9 Å². The molecule has 0 aliphatic heterocycles. The van der Waals surface area contributed by atoms with E-state index >= 15 is 0 Å². The highest BCUT2D eigenvalue weighted by Gasteiger charge is 2.22. The van der Waals surface area contributed by atoms with Crippen LogP contribution in [-0.2, 0) is 11.3 Å². The lowest BCUT2D eigenvalue weighted by molar-refractivity contribution is -0.907. The minimum absolute atomic E-state index is 0.0176. The molecule has 3 nitrogen and oxygen atoms in total. The number of aryl methyl sites for hydroxylation is 1.